The molecule has 1 saturated heterocycles. The molecule has 0 aromatic rings. The van der Waals surface area contributed by atoms with Gasteiger partial charge in [0.05, 0.1) is 0 Å². The molecule has 16 heavy (non-hydrogen) atoms. The second-order valence-electron chi connectivity index (χ2n) is 5.86. The fraction of sp³-hybridized carbons (Fsp3) is 1.00. The molecule has 0 N–H and O–H groups in total. The van der Waals surface area contributed by atoms with Crippen molar-refractivity contribution in [3.05, 3.63) is 0 Å². The average molecular weight is 238 g/mol. The number of hydrogen-bond donors (Lipinski definition) is 0. The largest absolute Gasteiger partial charge is 0.261 e. The predicted octanol–water partition coefficient (Wildman–Crippen LogP) is 5.66. The highest BCUT2D eigenvalue weighted by atomic mass is 27.2. The van der Waals surface area contributed by atoms with E-state index < -0.39 is 0 Å². The lowest BCUT2D eigenvalue weighted by Gasteiger charge is -2.09. The second-order valence-corrected chi connectivity index (χ2v) is 9.46. The summed E-state index contributed by atoms with van der Waals surface area (Å²) in [7, 11) is 0. The molecule has 1 heterocycles. The van der Waals surface area contributed by atoms with Crippen LogP contribution < -0.4 is 0 Å². The zero-order valence-electron chi connectivity index (χ0n) is 11.6. The standard InChI is InChI=1S/C13H26.C2H5.Al/c1-4-6-7-8-9-10-11-12-13(3)5-2;1-2;/h13H,2-12H2,1H3;1H2,2H3;. The van der Waals surface area contributed by atoms with Crippen molar-refractivity contribution in [3.63, 3.8) is 0 Å². The fourth-order valence-corrected chi connectivity index (χ4v) is 6.54. The summed E-state index contributed by atoms with van der Waals surface area (Å²) in [6, 6.07) is 0. The summed E-state index contributed by atoms with van der Waals surface area (Å²) in [5, 5.41) is 4.91. The first-order chi connectivity index (χ1) is 7.86. The van der Waals surface area contributed by atoms with Gasteiger partial charge in [-0.05, 0) is 0 Å². The predicted molar refractivity (Wildman–Crippen MR) is 76.6 cm³/mol. The average Bonchev–Trinajstić information content (AvgIpc) is 2.76. The summed E-state index contributed by atoms with van der Waals surface area (Å²) < 4.78 is 0. The van der Waals surface area contributed by atoms with Gasteiger partial charge < -0.3 is 0 Å². The lowest BCUT2D eigenvalue weighted by Crippen LogP contribution is -2.04. The van der Waals surface area contributed by atoms with E-state index in [0.717, 1.165) is 5.92 Å². The van der Waals surface area contributed by atoms with E-state index in [1.165, 1.54) is 44.9 Å². The van der Waals surface area contributed by atoms with Crippen LogP contribution in [0.15, 0.2) is 0 Å². The lowest BCUT2D eigenvalue weighted by atomic mass is 10.00. The van der Waals surface area contributed by atoms with Crippen molar-refractivity contribution in [2.24, 2.45) is 5.92 Å². The molecule has 0 amide bonds. The van der Waals surface area contributed by atoms with Gasteiger partial charge in [-0.25, -0.2) is 0 Å². The smallest absolute Gasteiger partial charge is 0.0967 e. The normalized spacial score (nSPS) is 20.6. The van der Waals surface area contributed by atoms with Crippen LogP contribution in [0.1, 0.15) is 71.6 Å². The highest BCUT2D eigenvalue weighted by molar-refractivity contribution is 6.59. The molecule has 1 atom stereocenters. The molecule has 1 heteroatoms. The van der Waals surface area contributed by atoms with E-state index in [0.29, 0.717) is 0 Å². The summed E-state index contributed by atoms with van der Waals surface area (Å²) >= 11 is -0.192. The lowest BCUT2D eigenvalue weighted by molar-refractivity contribution is 0.485. The Hall–Kier alpha value is 0.532. The molecule has 0 aromatic heterocycles. The van der Waals surface area contributed by atoms with Crippen LogP contribution in [0.4, 0.5) is 0 Å². The van der Waals surface area contributed by atoms with Gasteiger partial charge in [0.15, 0.2) is 0 Å². The van der Waals surface area contributed by atoms with Crippen LogP contribution in [0.5, 0.6) is 0 Å². The quantitative estimate of drug-likeness (QED) is 0.359. The molecule has 1 fully saturated rings. The van der Waals surface area contributed by atoms with Gasteiger partial charge in [-0.2, -0.15) is 0 Å². The van der Waals surface area contributed by atoms with Gasteiger partial charge in [0.2, 0.25) is 0 Å². The summed E-state index contributed by atoms with van der Waals surface area (Å²) in [5.41, 5.74) is 0. The van der Waals surface area contributed by atoms with E-state index in [1.54, 1.807) is 28.7 Å². The molecule has 0 aromatic carbocycles. The zero-order valence-corrected chi connectivity index (χ0v) is 12.8. The molecule has 1 aliphatic heterocycles. The van der Waals surface area contributed by atoms with Crippen LogP contribution in [0.25, 0.3) is 0 Å². The molecule has 1 aliphatic rings. The van der Waals surface area contributed by atoms with Crippen molar-refractivity contribution >= 4 is 14.1 Å². The van der Waals surface area contributed by atoms with Crippen LogP contribution in [-0.2, 0) is 0 Å². The Morgan fingerprint density at radius 1 is 0.938 bits per heavy atom. The highest BCUT2D eigenvalue weighted by Crippen LogP contribution is 2.32. The van der Waals surface area contributed by atoms with Crippen LogP contribution in [0.2, 0.25) is 15.8 Å². The summed E-state index contributed by atoms with van der Waals surface area (Å²) in [6.45, 7) is 4.72. The summed E-state index contributed by atoms with van der Waals surface area (Å²) in [6.07, 6.45) is 13.5. The monoisotopic (exact) mass is 238 g/mol. The van der Waals surface area contributed by atoms with Gasteiger partial charge in [0.25, 0.3) is 14.1 Å². The molecule has 0 nitrogen and oxygen atoms in total. The van der Waals surface area contributed by atoms with Crippen molar-refractivity contribution in [2.45, 2.75) is 87.5 Å². The van der Waals surface area contributed by atoms with Crippen molar-refractivity contribution in [1.29, 1.82) is 0 Å². The minimum absolute atomic E-state index is 0.192. The van der Waals surface area contributed by atoms with E-state index in [1.807, 2.05) is 0 Å². The Morgan fingerprint density at radius 2 is 1.62 bits per heavy atom. The Labute approximate surface area is 108 Å². The molecular weight excluding hydrogens is 207 g/mol. The van der Waals surface area contributed by atoms with Crippen molar-refractivity contribution in [1.82, 2.24) is 0 Å². The van der Waals surface area contributed by atoms with Crippen molar-refractivity contribution in [3.8, 4) is 0 Å². The zero-order chi connectivity index (χ0) is 11.6. The van der Waals surface area contributed by atoms with Crippen LogP contribution in [-0.4, -0.2) is 14.1 Å². The first kappa shape index (κ1) is 14.6. The Balaban J connectivity index is 1.84. The summed E-state index contributed by atoms with van der Waals surface area (Å²) in [4.78, 5) is 0. The molecule has 1 rings (SSSR count). The topological polar surface area (TPSA) is 0 Å². The Morgan fingerprint density at radius 3 is 2.25 bits per heavy atom. The van der Waals surface area contributed by atoms with E-state index in [9.17, 15) is 0 Å². The Bertz CT molecular complexity index is 156. The van der Waals surface area contributed by atoms with E-state index in [2.05, 4.69) is 13.8 Å². The molecular formula is C15H31Al. The first-order valence-corrected chi connectivity index (χ1v) is 10.3. The molecule has 0 saturated carbocycles. The minimum Gasteiger partial charge on any atom is -0.0967 e. The molecule has 0 bridgehead atoms. The van der Waals surface area contributed by atoms with Gasteiger partial charge in [0, 0.05) is 0 Å². The maximum absolute atomic E-state index is 2.42. The van der Waals surface area contributed by atoms with E-state index in [4.69, 9.17) is 0 Å². The highest BCUT2D eigenvalue weighted by Gasteiger charge is 2.27. The third-order valence-electron chi connectivity index (χ3n) is 4.44. The molecule has 1 unspecified atom stereocenters. The minimum atomic E-state index is -0.192. The number of rotatable bonds is 9. The second kappa shape index (κ2) is 9.55. The third kappa shape index (κ3) is 6.31. The Kier molecular flexibility index (Phi) is 8.71. The molecule has 0 radical (unpaired) electrons. The number of unbranched alkanes of at least 4 members (excludes halogenated alkanes) is 6. The van der Waals surface area contributed by atoms with E-state index >= 15 is 0 Å². The van der Waals surface area contributed by atoms with Crippen molar-refractivity contribution < 1.29 is 0 Å². The SMILES string of the molecule is CCCCCCCCCC1C[CH2][Al]([CH2]C)[CH2]1. The van der Waals surface area contributed by atoms with Gasteiger partial charge in [0.1, 0.15) is 0 Å². The number of hydrogen-bond acceptors (Lipinski definition) is 0. The first-order valence-electron chi connectivity index (χ1n) is 7.86. The molecule has 0 spiro atoms. The van der Waals surface area contributed by atoms with Crippen LogP contribution in [0.3, 0.4) is 0 Å². The van der Waals surface area contributed by atoms with Crippen LogP contribution in [0, 0.1) is 5.92 Å². The molecule has 0 aliphatic carbocycles. The van der Waals surface area contributed by atoms with E-state index in [-0.39, 0.29) is 14.1 Å². The maximum Gasteiger partial charge on any atom is 0.261 e. The molecule has 94 valence electrons. The fourth-order valence-electron chi connectivity index (χ4n) is 3.20. The van der Waals surface area contributed by atoms with Gasteiger partial charge in [-0.15, -0.1) is 0 Å². The van der Waals surface area contributed by atoms with Gasteiger partial charge in [-0.1, -0.05) is 93.4 Å². The summed E-state index contributed by atoms with van der Waals surface area (Å²) in [5.74, 6) is 1.16. The van der Waals surface area contributed by atoms with Gasteiger partial charge >= 0.3 is 0 Å². The van der Waals surface area contributed by atoms with Gasteiger partial charge in [-0.3, -0.25) is 0 Å². The third-order valence-corrected chi connectivity index (χ3v) is 8.08. The maximum atomic E-state index is 2.42. The van der Waals surface area contributed by atoms with Crippen molar-refractivity contribution in [2.75, 3.05) is 0 Å². The van der Waals surface area contributed by atoms with Crippen LogP contribution >= 0.6 is 0 Å².